The maximum absolute atomic E-state index is 12.9. The van der Waals surface area contributed by atoms with E-state index in [2.05, 4.69) is 5.32 Å². The number of benzene rings is 1. The second kappa shape index (κ2) is 8.89. The maximum Gasteiger partial charge on any atom is 0.312 e. The molecule has 0 saturated carbocycles. The Bertz CT molecular complexity index is 614. The van der Waals surface area contributed by atoms with Gasteiger partial charge < -0.3 is 25.4 Å². The molecule has 3 rings (SSSR count). The molecule has 0 radical (unpaired) electrons. The number of piperidine rings is 1. The molecule has 3 N–H and O–H groups in total. The molecule has 7 heteroatoms. The molecule has 1 aromatic rings. The van der Waals surface area contributed by atoms with Gasteiger partial charge in [0.25, 0.3) is 5.91 Å². The summed E-state index contributed by atoms with van der Waals surface area (Å²) in [7, 11) is 0. The molecule has 0 aromatic heterocycles. The van der Waals surface area contributed by atoms with E-state index in [0.29, 0.717) is 25.3 Å². The topological polar surface area (TPSA) is 93.9 Å². The van der Waals surface area contributed by atoms with Crippen molar-refractivity contribution >= 4 is 11.9 Å². The van der Waals surface area contributed by atoms with Crippen LogP contribution in [0, 0.1) is 0 Å². The molecule has 2 atom stereocenters. The Labute approximate surface area is 153 Å². The number of nitrogens with zero attached hydrogens (tertiary/aromatic N) is 1. The number of carbonyl (C=O) groups excluding carboxylic acids is 2. The number of hydrogen-bond acceptors (Lipinski definition) is 4. The minimum atomic E-state index is -0.560. The van der Waals surface area contributed by atoms with Gasteiger partial charge in [0.1, 0.15) is 12.4 Å². The maximum atomic E-state index is 12.9. The highest BCUT2D eigenvalue weighted by atomic mass is 16.5. The molecule has 0 bridgehead atoms. The number of ether oxygens (including phenoxy) is 2. The van der Waals surface area contributed by atoms with E-state index in [4.69, 9.17) is 15.2 Å². The van der Waals surface area contributed by atoms with Gasteiger partial charge >= 0.3 is 6.03 Å². The zero-order valence-electron chi connectivity index (χ0n) is 15.0. The van der Waals surface area contributed by atoms with E-state index in [-0.39, 0.29) is 18.1 Å². The number of hydrogen-bond donors (Lipinski definition) is 2. The fraction of sp³-hybridized carbons (Fsp3) is 0.579. The van der Waals surface area contributed by atoms with Crippen LogP contribution in [0.4, 0.5) is 4.79 Å². The van der Waals surface area contributed by atoms with E-state index in [0.717, 1.165) is 44.5 Å². The molecule has 142 valence electrons. The summed E-state index contributed by atoms with van der Waals surface area (Å²) in [6, 6.07) is 6.65. The molecule has 3 amide bonds. The molecule has 2 fully saturated rings. The average molecular weight is 361 g/mol. The Morgan fingerprint density at radius 3 is 2.69 bits per heavy atom. The zero-order chi connectivity index (χ0) is 18.4. The van der Waals surface area contributed by atoms with Crippen LogP contribution >= 0.6 is 0 Å². The van der Waals surface area contributed by atoms with Gasteiger partial charge in [-0.2, -0.15) is 0 Å². The van der Waals surface area contributed by atoms with Gasteiger partial charge in [-0.25, -0.2) is 4.79 Å². The van der Waals surface area contributed by atoms with Crippen molar-refractivity contribution in [3.05, 3.63) is 29.8 Å². The predicted octanol–water partition coefficient (Wildman–Crippen LogP) is 1.91. The van der Waals surface area contributed by atoms with Gasteiger partial charge in [0.05, 0.1) is 6.10 Å². The summed E-state index contributed by atoms with van der Waals surface area (Å²) in [5.41, 5.74) is 5.78. The van der Waals surface area contributed by atoms with Gasteiger partial charge in [0, 0.05) is 31.3 Å². The van der Waals surface area contributed by atoms with E-state index in [1.807, 2.05) is 17.0 Å². The van der Waals surface area contributed by atoms with E-state index in [9.17, 15) is 9.59 Å². The zero-order valence-corrected chi connectivity index (χ0v) is 15.0. The Balaban J connectivity index is 1.57. The minimum absolute atomic E-state index is 0.0146. The largest absolute Gasteiger partial charge is 0.491 e. The first-order valence-corrected chi connectivity index (χ1v) is 9.32. The van der Waals surface area contributed by atoms with Crippen LogP contribution in [-0.4, -0.2) is 55.3 Å². The van der Waals surface area contributed by atoms with Crippen LogP contribution < -0.4 is 15.8 Å². The number of nitrogens with two attached hydrogens (primary N) is 1. The highest BCUT2D eigenvalue weighted by Gasteiger charge is 2.27. The number of nitrogens with one attached hydrogen (secondary N) is 1. The second-order valence-corrected chi connectivity index (χ2v) is 6.86. The van der Waals surface area contributed by atoms with Crippen molar-refractivity contribution in [2.75, 3.05) is 26.3 Å². The van der Waals surface area contributed by atoms with Gasteiger partial charge in [0.15, 0.2) is 0 Å². The third-order valence-corrected chi connectivity index (χ3v) is 4.96. The van der Waals surface area contributed by atoms with Crippen LogP contribution in [0.15, 0.2) is 24.3 Å². The van der Waals surface area contributed by atoms with Crippen molar-refractivity contribution in [1.29, 1.82) is 0 Å². The second-order valence-electron chi connectivity index (χ2n) is 6.86. The van der Waals surface area contributed by atoms with Crippen LogP contribution in [0.25, 0.3) is 0 Å². The number of amides is 3. The summed E-state index contributed by atoms with van der Waals surface area (Å²) in [6.45, 7) is 2.44. The average Bonchev–Trinajstić information content (AvgIpc) is 3.18. The molecular formula is C19H27N3O4. The van der Waals surface area contributed by atoms with Crippen LogP contribution in [0.5, 0.6) is 5.75 Å². The number of primary amides is 1. The molecular weight excluding hydrogens is 334 g/mol. The van der Waals surface area contributed by atoms with Crippen molar-refractivity contribution in [2.24, 2.45) is 5.73 Å². The summed E-state index contributed by atoms with van der Waals surface area (Å²) in [6.07, 6.45) is 5.18. The van der Waals surface area contributed by atoms with Crippen molar-refractivity contribution in [1.82, 2.24) is 10.2 Å². The third-order valence-electron chi connectivity index (χ3n) is 4.96. The summed E-state index contributed by atoms with van der Waals surface area (Å²) in [5, 5.41) is 2.62. The van der Waals surface area contributed by atoms with Gasteiger partial charge in [-0.3, -0.25) is 4.79 Å². The first-order valence-electron chi connectivity index (χ1n) is 9.32. The highest BCUT2D eigenvalue weighted by molar-refractivity contribution is 5.94. The Morgan fingerprint density at radius 2 is 2.00 bits per heavy atom. The SMILES string of the molecule is NC(=O)NC[C@H]1CCCCN1C(=O)c1ccc(OC[C@H]2CCCO2)cc1. The number of likely N-dealkylation sites (tertiary alicyclic amines) is 1. The normalized spacial score (nSPS) is 22.8. The van der Waals surface area contributed by atoms with Gasteiger partial charge in [-0.1, -0.05) is 0 Å². The van der Waals surface area contributed by atoms with E-state index >= 15 is 0 Å². The molecule has 0 unspecified atom stereocenters. The molecule has 2 saturated heterocycles. The molecule has 0 spiro atoms. The molecule has 1 aromatic carbocycles. The fourth-order valence-corrected chi connectivity index (χ4v) is 3.52. The molecule has 7 nitrogen and oxygen atoms in total. The van der Waals surface area contributed by atoms with E-state index in [1.165, 1.54) is 0 Å². The lowest BCUT2D eigenvalue weighted by molar-refractivity contribution is 0.0614. The number of carbonyl (C=O) groups is 2. The summed E-state index contributed by atoms with van der Waals surface area (Å²) >= 11 is 0. The lowest BCUT2D eigenvalue weighted by atomic mass is 10.0. The van der Waals surface area contributed by atoms with Gasteiger partial charge in [-0.05, 0) is 56.4 Å². The van der Waals surface area contributed by atoms with E-state index in [1.54, 1.807) is 12.1 Å². The number of urea groups is 1. The minimum Gasteiger partial charge on any atom is -0.491 e. The number of rotatable bonds is 6. The molecule has 0 aliphatic carbocycles. The molecule has 26 heavy (non-hydrogen) atoms. The van der Waals surface area contributed by atoms with Crippen molar-refractivity contribution in [2.45, 2.75) is 44.2 Å². The first-order chi connectivity index (χ1) is 12.6. The first kappa shape index (κ1) is 18.5. The van der Waals surface area contributed by atoms with E-state index < -0.39 is 6.03 Å². The summed E-state index contributed by atoms with van der Waals surface area (Å²) in [5.74, 6) is 0.717. The highest BCUT2D eigenvalue weighted by Crippen LogP contribution is 2.21. The molecule has 2 aliphatic heterocycles. The standard InChI is InChI=1S/C19H27N3O4/c20-19(24)21-12-15-4-1-2-10-22(15)18(23)14-6-8-16(9-7-14)26-13-17-5-3-11-25-17/h6-9,15,17H,1-5,10-13H2,(H3,20,21,24)/t15-,17-/m1/s1. The quantitative estimate of drug-likeness (QED) is 0.809. The summed E-state index contributed by atoms with van der Waals surface area (Å²) < 4.78 is 11.3. The van der Waals surface area contributed by atoms with Gasteiger partial charge in [0.2, 0.25) is 0 Å². The lowest BCUT2D eigenvalue weighted by Gasteiger charge is -2.35. The lowest BCUT2D eigenvalue weighted by Crippen LogP contribution is -2.50. The van der Waals surface area contributed by atoms with Crippen LogP contribution in [0.2, 0.25) is 0 Å². The molecule has 2 heterocycles. The van der Waals surface area contributed by atoms with Crippen molar-refractivity contribution in [3.63, 3.8) is 0 Å². The van der Waals surface area contributed by atoms with Crippen LogP contribution in [0.1, 0.15) is 42.5 Å². The smallest absolute Gasteiger partial charge is 0.312 e. The van der Waals surface area contributed by atoms with Crippen molar-refractivity contribution in [3.8, 4) is 5.75 Å². The Hall–Kier alpha value is -2.28. The summed E-state index contributed by atoms with van der Waals surface area (Å²) in [4.78, 5) is 25.7. The van der Waals surface area contributed by atoms with Crippen LogP contribution in [-0.2, 0) is 4.74 Å². The van der Waals surface area contributed by atoms with Crippen LogP contribution in [0.3, 0.4) is 0 Å². The van der Waals surface area contributed by atoms with Crippen molar-refractivity contribution < 1.29 is 19.1 Å². The fourth-order valence-electron chi connectivity index (χ4n) is 3.52. The molecule has 2 aliphatic rings. The monoisotopic (exact) mass is 361 g/mol. The van der Waals surface area contributed by atoms with Gasteiger partial charge in [-0.15, -0.1) is 0 Å². The Kier molecular flexibility index (Phi) is 6.33. The Morgan fingerprint density at radius 1 is 1.19 bits per heavy atom. The predicted molar refractivity (Wildman–Crippen MR) is 97.2 cm³/mol. The third kappa shape index (κ3) is 4.88.